The van der Waals surface area contributed by atoms with Gasteiger partial charge in [0.2, 0.25) is 0 Å². The molecular weight excluding hydrogens is 280 g/mol. The molecule has 20 heavy (non-hydrogen) atoms. The Balaban J connectivity index is 3.18. The predicted octanol–water partition coefficient (Wildman–Crippen LogP) is 2.08. The molecule has 2 N–H and O–H groups in total. The van der Waals surface area contributed by atoms with Crippen LogP contribution in [-0.2, 0) is 11.3 Å². The second-order valence-electron chi connectivity index (χ2n) is 3.69. The van der Waals surface area contributed by atoms with E-state index in [9.17, 15) is 9.90 Å². The second kappa shape index (κ2) is 7.66. The van der Waals surface area contributed by atoms with Gasteiger partial charge in [0.1, 0.15) is 10.8 Å². The van der Waals surface area contributed by atoms with Crippen molar-refractivity contribution in [3.05, 3.63) is 29.3 Å². The van der Waals surface area contributed by atoms with Gasteiger partial charge in [-0.1, -0.05) is 0 Å². The number of amides is 1. The highest BCUT2D eigenvalue weighted by atomic mass is 32.2. The molecule has 1 rings (SSSR count). The van der Waals surface area contributed by atoms with Crippen molar-refractivity contribution in [3.8, 4) is 5.75 Å². The number of hydrogen-bond donors (Lipinski definition) is 2. The van der Waals surface area contributed by atoms with Crippen LogP contribution in [0.25, 0.3) is 0 Å². The molecule has 108 valence electrons. The number of ether oxygens (including phenoxy) is 2. The standard InChI is InChI=1S/C13H16N2O4S/c1-18-10-5-8(7-16)4-9(6-10)11(14)12(20-3)15-13(17)19-2/h4-6,14,16H,7H2,1-3H3. The maximum Gasteiger partial charge on any atom is 0.434 e. The number of benzene rings is 1. The van der Waals surface area contributed by atoms with E-state index in [1.54, 1.807) is 24.5 Å². The van der Waals surface area contributed by atoms with Gasteiger partial charge in [0, 0.05) is 5.56 Å². The highest BCUT2D eigenvalue weighted by Gasteiger charge is 2.13. The molecule has 0 aromatic heterocycles. The zero-order chi connectivity index (χ0) is 15.1. The summed E-state index contributed by atoms with van der Waals surface area (Å²) < 4.78 is 9.57. The summed E-state index contributed by atoms with van der Waals surface area (Å²) in [7, 11) is 2.73. The van der Waals surface area contributed by atoms with Gasteiger partial charge >= 0.3 is 6.09 Å². The number of carbonyl (C=O) groups excluding carboxylic acids is 1. The van der Waals surface area contributed by atoms with E-state index in [4.69, 9.17) is 10.1 Å². The third-order valence-corrected chi connectivity index (χ3v) is 3.13. The number of aliphatic hydroxyl groups is 1. The highest BCUT2D eigenvalue weighted by molar-refractivity contribution is 8.15. The number of carbonyl (C=O) groups is 1. The van der Waals surface area contributed by atoms with Crippen LogP contribution in [0.3, 0.4) is 0 Å². The molecule has 0 saturated heterocycles. The summed E-state index contributed by atoms with van der Waals surface area (Å²) in [6.07, 6.45) is 0.952. The molecule has 0 aliphatic heterocycles. The molecule has 0 fully saturated rings. The Labute approximate surface area is 121 Å². The number of aliphatic hydroxyl groups excluding tert-OH is 1. The van der Waals surface area contributed by atoms with Crippen molar-refractivity contribution in [2.24, 2.45) is 4.99 Å². The Hall–Kier alpha value is -1.86. The summed E-state index contributed by atoms with van der Waals surface area (Å²) in [5.74, 6) is 0.523. The normalized spacial score (nSPS) is 11.1. The molecule has 0 aliphatic rings. The van der Waals surface area contributed by atoms with Crippen LogP contribution in [0, 0.1) is 5.41 Å². The number of rotatable bonds is 4. The fourth-order valence-electron chi connectivity index (χ4n) is 1.47. The number of aliphatic imine (C=N–C) groups is 1. The fraction of sp³-hybridized carbons (Fsp3) is 0.308. The molecule has 0 aliphatic carbocycles. The van der Waals surface area contributed by atoms with E-state index in [1.807, 2.05) is 0 Å². The summed E-state index contributed by atoms with van der Waals surface area (Å²) in [6, 6.07) is 4.96. The zero-order valence-electron chi connectivity index (χ0n) is 11.5. The first kappa shape index (κ1) is 16.2. The first-order valence-corrected chi connectivity index (χ1v) is 6.87. The number of hydrogen-bond acceptors (Lipinski definition) is 6. The lowest BCUT2D eigenvalue weighted by atomic mass is 10.1. The van der Waals surface area contributed by atoms with Gasteiger partial charge in [-0.25, -0.2) is 4.79 Å². The van der Waals surface area contributed by atoms with E-state index in [0.717, 1.165) is 11.8 Å². The van der Waals surface area contributed by atoms with Crippen LogP contribution >= 0.6 is 11.8 Å². The molecule has 0 saturated carbocycles. The summed E-state index contributed by atoms with van der Waals surface area (Å²) in [6.45, 7) is -0.166. The van der Waals surface area contributed by atoms with Crippen LogP contribution in [0.1, 0.15) is 11.1 Å². The van der Waals surface area contributed by atoms with E-state index < -0.39 is 6.09 Å². The molecule has 1 amide bonds. The summed E-state index contributed by atoms with van der Waals surface area (Å²) in [5, 5.41) is 17.5. The van der Waals surface area contributed by atoms with Crippen molar-refractivity contribution in [2.75, 3.05) is 20.5 Å². The topological polar surface area (TPSA) is 92.0 Å². The van der Waals surface area contributed by atoms with Crippen LogP contribution in [0.2, 0.25) is 0 Å². The SMILES string of the molecule is COC(=O)N=C(SC)C(=N)c1cc(CO)cc(OC)c1. The van der Waals surface area contributed by atoms with Crippen molar-refractivity contribution in [2.45, 2.75) is 6.61 Å². The summed E-state index contributed by atoms with van der Waals surface area (Å²) >= 11 is 1.16. The van der Waals surface area contributed by atoms with Gasteiger partial charge in [0.05, 0.1) is 26.5 Å². The lowest BCUT2D eigenvalue weighted by Crippen LogP contribution is -2.13. The van der Waals surface area contributed by atoms with Gasteiger partial charge in [-0.2, -0.15) is 4.99 Å². The van der Waals surface area contributed by atoms with Crippen LogP contribution in [-0.4, -0.2) is 42.4 Å². The third-order valence-electron chi connectivity index (χ3n) is 2.45. The molecule has 1 aromatic carbocycles. The molecule has 7 heteroatoms. The fourth-order valence-corrected chi connectivity index (χ4v) is 1.96. The molecular formula is C13H16N2O4S. The molecule has 6 nitrogen and oxygen atoms in total. The predicted molar refractivity (Wildman–Crippen MR) is 79.1 cm³/mol. The molecule has 0 spiro atoms. The quantitative estimate of drug-likeness (QED) is 0.655. The monoisotopic (exact) mass is 296 g/mol. The number of nitrogens with zero attached hydrogens (tertiary/aromatic N) is 1. The van der Waals surface area contributed by atoms with Gasteiger partial charge in [-0.3, -0.25) is 5.41 Å². The number of nitrogens with one attached hydrogen (secondary N) is 1. The minimum atomic E-state index is -0.760. The lowest BCUT2D eigenvalue weighted by molar-refractivity contribution is 0.183. The second-order valence-corrected chi connectivity index (χ2v) is 4.49. The lowest BCUT2D eigenvalue weighted by Gasteiger charge is -2.09. The van der Waals surface area contributed by atoms with Crippen molar-refractivity contribution in [1.29, 1.82) is 5.41 Å². The molecule has 0 unspecified atom stereocenters. The van der Waals surface area contributed by atoms with Gasteiger partial charge in [0.25, 0.3) is 0 Å². The maximum atomic E-state index is 11.2. The maximum absolute atomic E-state index is 11.2. The van der Waals surface area contributed by atoms with E-state index in [2.05, 4.69) is 9.73 Å². The zero-order valence-corrected chi connectivity index (χ0v) is 12.3. The minimum Gasteiger partial charge on any atom is -0.497 e. The van der Waals surface area contributed by atoms with Gasteiger partial charge < -0.3 is 14.6 Å². The van der Waals surface area contributed by atoms with Crippen LogP contribution in [0.15, 0.2) is 23.2 Å². The van der Waals surface area contributed by atoms with E-state index in [0.29, 0.717) is 16.9 Å². The Morgan fingerprint density at radius 2 is 2.10 bits per heavy atom. The number of methoxy groups -OCH3 is 2. The Kier molecular flexibility index (Phi) is 6.20. The largest absolute Gasteiger partial charge is 0.497 e. The van der Waals surface area contributed by atoms with Gasteiger partial charge in [-0.15, -0.1) is 11.8 Å². The first-order chi connectivity index (χ1) is 9.55. The van der Waals surface area contributed by atoms with Crippen molar-refractivity contribution >= 4 is 28.6 Å². The first-order valence-electron chi connectivity index (χ1n) is 5.64. The van der Waals surface area contributed by atoms with Crippen molar-refractivity contribution < 1.29 is 19.4 Å². The average molecular weight is 296 g/mol. The number of thioether (sulfide) groups is 1. The highest BCUT2D eigenvalue weighted by Crippen LogP contribution is 2.19. The van der Waals surface area contributed by atoms with Crippen LogP contribution in [0.4, 0.5) is 4.79 Å². The van der Waals surface area contributed by atoms with Crippen molar-refractivity contribution in [1.82, 2.24) is 0 Å². The van der Waals surface area contributed by atoms with E-state index in [-0.39, 0.29) is 17.4 Å². The smallest absolute Gasteiger partial charge is 0.434 e. The van der Waals surface area contributed by atoms with Crippen LogP contribution in [0.5, 0.6) is 5.75 Å². The van der Waals surface area contributed by atoms with Gasteiger partial charge in [0.15, 0.2) is 0 Å². The Bertz CT molecular complexity index is 521. The van der Waals surface area contributed by atoms with E-state index >= 15 is 0 Å². The minimum absolute atomic E-state index is 0.0662. The van der Waals surface area contributed by atoms with Gasteiger partial charge in [-0.05, 0) is 30.0 Å². The van der Waals surface area contributed by atoms with Crippen molar-refractivity contribution in [3.63, 3.8) is 0 Å². The average Bonchev–Trinajstić information content (AvgIpc) is 2.50. The third kappa shape index (κ3) is 4.07. The van der Waals surface area contributed by atoms with Crippen LogP contribution < -0.4 is 4.74 Å². The van der Waals surface area contributed by atoms with E-state index in [1.165, 1.54) is 14.2 Å². The molecule has 0 radical (unpaired) electrons. The molecule has 1 aromatic rings. The Morgan fingerprint density at radius 3 is 2.60 bits per heavy atom. The summed E-state index contributed by atoms with van der Waals surface area (Å²) in [5.41, 5.74) is 1.18. The molecule has 0 atom stereocenters. The Morgan fingerprint density at radius 1 is 1.40 bits per heavy atom. The molecule has 0 heterocycles. The molecule has 0 bridgehead atoms. The summed E-state index contributed by atoms with van der Waals surface area (Å²) in [4.78, 5) is 14.9.